The van der Waals surface area contributed by atoms with Crippen LogP contribution in [0.25, 0.3) is 0 Å². The van der Waals surface area contributed by atoms with E-state index in [0.717, 1.165) is 11.3 Å². The third kappa shape index (κ3) is 6.63. The van der Waals surface area contributed by atoms with E-state index in [0.29, 0.717) is 30.0 Å². The van der Waals surface area contributed by atoms with E-state index in [-0.39, 0.29) is 24.1 Å². The minimum Gasteiger partial charge on any atom is -0.468 e. The summed E-state index contributed by atoms with van der Waals surface area (Å²) in [6, 6.07) is 13.7. The number of hydrogen-bond acceptors (Lipinski definition) is 10. The van der Waals surface area contributed by atoms with E-state index in [1.54, 1.807) is 19.9 Å². The Kier molecular flexibility index (Phi) is 8.89. The zero-order chi connectivity index (χ0) is 29.9. The maximum atomic E-state index is 13.4. The monoisotopic (exact) mass is 565 g/mol. The summed E-state index contributed by atoms with van der Waals surface area (Å²) in [6.07, 6.45) is 0.269. The van der Waals surface area contributed by atoms with Gasteiger partial charge in [-0.05, 0) is 51.0 Å². The van der Waals surface area contributed by atoms with Gasteiger partial charge in [0.2, 0.25) is 0 Å². The summed E-state index contributed by atoms with van der Waals surface area (Å²) in [4.78, 5) is 43.6. The number of nitro benzene ring substituents is 1. The SMILES string of the molecule is COC(=O)C1C(C)=NC(C)=C(C(=O)OCCc2ccc(N(C)C3COC(C)(C)O3)cc2)C1c1cccc([N+](=O)[O-])c1. The van der Waals surface area contributed by atoms with Crippen LogP contribution in [0.4, 0.5) is 11.4 Å². The Morgan fingerprint density at radius 2 is 1.88 bits per heavy atom. The molecule has 3 unspecified atom stereocenters. The van der Waals surface area contributed by atoms with Crippen molar-refractivity contribution in [1.82, 2.24) is 0 Å². The number of non-ortho nitro benzene ring substituents is 1. The Hall–Kier alpha value is -4.09. The topological polar surface area (TPSA) is 130 Å². The molecule has 2 aromatic carbocycles. The standard InChI is InChI=1S/C30H35N3O8/c1-18-25(28(34)38-6)27(21-8-7-9-23(16-21)33(36)37)26(19(2)31-18)29(35)39-15-14-20-10-12-22(13-11-20)32(5)24-17-40-30(3,4)41-24/h7-13,16,24-25,27H,14-15,17H2,1-6H3. The smallest absolute Gasteiger partial charge is 0.336 e. The largest absolute Gasteiger partial charge is 0.468 e. The number of rotatable bonds is 9. The van der Waals surface area contributed by atoms with Gasteiger partial charge in [0.1, 0.15) is 5.92 Å². The molecule has 0 aromatic heterocycles. The highest BCUT2D eigenvalue weighted by Crippen LogP contribution is 2.41. The van der Waals surface area contributed by atoms with Crippen LogP contribution >= 0.6 is 0 Å². The molecule has 0 amide bonds. The van der Waals surface area contributed by atoms with E-state index in [1.165, 1.54) is 25.3 Å². The first-order chi connectivity index (χ1) is 19.4. The second-order valence-corrected chi connectivity index (χ2v) is 10.5. The van der Waals surface area contributed by atoms with Crippen LogP contribution in [0.3, 0.4) is 0 Å². The quantitative estimate of drug-likeness (QED) is 0.244. The molecule has 41 heavy (non-hydrogen) atoms. The van der Waals surface area contributed by atoms with Crippen LogP contribution in [0, 0.1) is 16.0 Å². The fraction of sp³-hybridized carbons (Fsp3) is 0.433. The highest BCUT2D eigenvalue weighted by molar-refractivity contribution is 6.07. The van der Waals surface area contributed by atoms with Gasteiger partial charge in [0.25, 0.3) is 5.69 Å². The van der Waals surface area contributed by atoms with Gasteiger partial charge < -0.3 is 23.8 Å². The van der Waals surface area contributed by atoms with Gasteiger partial charge in [-0.3, -0.25) is 19.9 Å². The number of methoxy groups -OCH3 is 1. The number of anilines is 1. The number of esters is 2. The predicted molar refractivity (Wildman–Crippen MR) is 152 cm³/mol. The predicted octanol–water partition coefficient (Wildman–Crippen LogP) is 4.55. The van der Waals surface area contributed by atoms with Gasteiger partial charge in [0, 0.05) is 48.6 Å². The summed E-state index contributed by atoms with van der Waals surface area (Å²) >= 11 is 0. The maximum Gasteiger partial charge on any atom is 0.336 e. The minimum atomic E-state index is -0.933. The number of nitro groups is 1. The van der Waals surface area contributed by atoms with Gasteiger partial charge in [0.05, 0.1) is 30.8 Å². The lowest BCUT2D eigenvalue weighted by atomic mass is 9.75. The number of carbonyl (C=O) groups is 2. The molecule has 11 heteroatoms. The van der Waals surface area contributed by atoms with Crippen molar-refractivity contribution in [3.63, 3.8) is 0 Å². The summed E-state index contributed by atoms with van der Waals surface area (Å²) in [5.41, 5.74) is 3.21. The van der Waals surface area contributed by atoms with Crippen LogP contribution in [0.2, 0.25) is 0 Å². The molecular formula is C30H35N3O8. The molecule has 0 saturated carbocycles. The lowest BCUT2D eigenvalue weighted by molar-refractivity contribution is -0.384. The number of allylic oxidation sites excluding steroid dienone is 1. The van der Waals surface area contributed by atoms with E-state index in [2.05, 4.69) is 4.99 Å². The van der Waals surface area contributed by atoms with Gasteiger partial charge >= 0.3 is 11.9 Å². The molecule has 11 nitrogen and oxygen atoms in total. The molecule has 0 spiro atoms. The number of hydrogen-bond donors (Lipinski definition) is 0. The van der Waals surface area contributed by atoms with Crippen LogP contribution in [0.1, 0.15) is 44.7 Å². The Bertz CT molecular complexity index is 1380. The minimum absolute atomic E-state index is 0.0891. The van der Waals surface area contributed by atoms with Crippen LogP contribution in [0.15, 0.2) is 64.8 Å². The fourth-order valence-electron chi connectivity index (χ4n) is 5.19. The van der Waals surface area contributed by atoms with Crippen LogP contribution in [-0.2, 0) is 35.0 Å². The number of nitrogens with zero attached hydrogens (tertiary/aromatic N) is 3. The molecule has 4 rings (SSSR count). The van der Waals surface area contributed by atoms with Crippen LogP contribution in [0.5, 0.6) is 0 Å². The van der Waals surface area contributed by atoms with Crippen molar-refractivity contribution < 1.29 is 33.5 Å². The third-order valence-corrected chi connectivity index (χ3v) is 7.34. The Morgan fingerprint density at radius 3 is 2.49 bits per heavy atom. The summed E-state index contributed by atoms with van der Waals surface area (Å²) in [6.45, 7) is 7.65. The molecule has 2 aliphatic rings. The third-order valence-electron chi connectivity index (χ3n) is 7.34. The molecule has 2 heterocycles. The Morgan fingerprint density at radius 1 is 1.17 bits per heavy atom. The Balaban J connectivity index is 1.49. The molecule has 0 radical (unpaired) electrons. The molecule has 0 N–H and O–H groups in total. The molecule has 0 aliphatic carbocycles. The van der Waals surface area contributed by atoms with Gasteiger partial charge in [0.15, 0.2) is 12.0 Å². The molecule has 3 atom stereocenters. The molecule has 1 saturated heterocycles. The molecular weight excluding hydrogens is 530 g/mol. The zero-order valence-corrected chi connectivity index (χ0v) is 24.1. The van der Waals surface area contributed by atoms with Crippen molar-refractivity contribution in [3.8, 4) is 0 Å². The molecule has 218 valence electrons. The highest BCUT2D eigenvalue weighted by atomic mass is 16.8. The van der Waals surface area contributed by atoms with E-state index in [9.17, 15) is 19.7 Å². The van der Waals surface area contributed by atoms with Crippen molar-refractivity contribution >= 4 is 29.0 Å². The second kappa shape index (κ2) is 12.2. The average Bonchev–Trinajstić information content (AvgIpc) is 3.31. The Labute approximate surface area is 238 Å². The van der Waals surface area contributed by atoms with Gasteiger partial charge in [-0.1, -0.05) is 24.3 Å². The first-order valence-corrected chi connectivity index (χ1v) is 13.3. The van der Waals surface area contributed by atoms with E-state index >= 15 is 0 Å². The zero-order valence-electron chi connectivity index (χ0n) is 24.1. The van der Waals surface area contributed by atoms with E-state index in [1.807, 2.05) is 50.1 Å². The van der Waals surface area contributed by atoms with Crippen LogP contribution < -0.4 is 4.90 Å². The summed E-state index contributed by atoms with van der Waals surface area (Å²) < 4.78 is 22.3. The van der Waals surface area contributed by atoms with Gasteiger partial charge in [-0.25, -0.2) is 4.79 Å². The van der Waals surface area contributed by atoms with Crippen molar-refractivity contribution in [1.29, 1.82) is 0 Å². The molecule has 0 bridgehead atoms. The summed E-state index contributed by atoms with van der Waals surface area (Å²) in [7, 11) is 3.19. The molecule has 2 aromatic rings. The summed E-state index contributed by atoms with van der Waals surface area (Å²) in [5.74, 6) is -3.64. The number of carbonyl (C=O) groups excluding carboxylic acids is 2. The number of ether oxygens (including phenoxy) is 4. The van der Waals surface area contributed by atoms with Crippen molar-refractivity contribution in [2.24, 2.45) is 10.9 Å². The van der Waals surface area contributed by atoms with Crippen LogP contribution in [-0.4, -0.2) is 62.0 Å². The van der Waals surface area contributed by atoms with E-state index < -0.39 is 34.5 Å². The van der Waals surface area contributed by atoms with Gasteiger partial charge in [-0.15, -0.1) is 0 Å². The molecule has 1 fully saturated rings. The second-order valence-electron chi connectivity index (χ2n) is 10.5. The van der Waals surface area contributed by atoms with Crippen molar-refractivity contribution in [3.05, 3.63) is 81.0 Å². The molecule has 2 aliphatic heterocycles. The maximum absolute atomic E-state index is 13.4. The number of aliphatic imine (C=N–C) groups is 1. The summed E-state index contributed by atoms with van der Waals surface area (Å²) in [5, 5.41) is 11.5. The average molecular weight is 566 g/mol. The van der Waals surface area contributed by atoms with Gasteiger partial charge in [-0.2, -0.15) is 0 Å². The normalized spacial score (nSPS) is 21.7. The first-order valence-electron chi connectivity index (χ1n) is 13.3. The first kappa shape index (κ1) is 29.9. The van der Waals surface area contributed by atoms with Crippen molar-refractivity contribution in [2.45, 2.75) is 52.0 Å². The highest BCUT2D eigenvalue weighted by Gasteiger charge is 2.42. The number of benzene rings is 2. The van der Waals surface area contributed by atoms with Crippen molar-refractivity contribution in [2.75, 3.05) is 32.3 Å². The number of likely N-dealkylation sites (N-methyl/N-ethyl adjacent to an activating group) is 1. The lowest BCUT2D eigenvalue weighted by Gasteiger charge is -2.31. The lowest BCUT2D eigenvalue weighted by Crippen LogP contribution is -2.36. The van der Waals surface area contributed by atoms with E-state index in [4.69, 9.17) is 18.9 Å². The fourth-order valence-corrected chi connectivity index (χ4v) is 5.19.